The summed E-state index contributed by atoms with van der Waals surface area (Å²) in [6, 6.07) is 0. The summed E-state index contributed by atoms with van der Waals surface area (Å²) in [5, 5.41) is 2.73. The summed E-state index contributed by atoms with van der Waals surface area (Å²) in [7, 11) is 1.35. The zero-order valence-corrected chi connectivity index (χ0v) is 10.3. The van der Waals surface area contributed by atoms with Crippen molar-refractivity contribution in [3.63, 3.8) is 0 Å². The Bertz CT molecular complexity index is 169. The second-order valence-electron chi connectivity index (χ2n) is 2.78. The van der Waals surface area contributed by atoms with Crippen LogP contribution >= 0.6 is 0 Å². The van der Waals surface area contributed by atoms with E-state index in [0.29, 0.717) is 25.8 Å². The fourth-order valence-corrected chi connectivity index (χ4v) is 0.848. The first kappa shape index (κ1) is 16.4. The van der Waals surface area contributed by atoms with Gasteiger partial charge in [-0.25, -0.2) is 0 Å². The number of esters is 1. The van der Waals surface area contributed by atoms with Gasteiger partial charge in [0.25, 0.3) is 0 Å². The molecule has 0 spiro atoms. The van der Waals surface area contributed by atoms with Crippen molar-refractivity contribution in [1.29, 1.82) is 0 Å². The molecule has 0 aliphatic heterocycles. The van der Waals surface area contributed by atoms with E-state index in [1.165, 1.54) is 7.11 Å². The first-order valence-electron chi connectivity index (χ1n) is 5.54. The van der Waals surface area contributed by atoms with Crippen LogP contribution in [0.4, 0.5) is 0 Å². The zero-order chi connectivity index (χ0) is 12.1. The molecule has 90 valence electrons. The van der Waals surface area contributed by atoms with E-state index in [9.17, 15) is 9.59 Å². The van der Waals surface area contributed by atoms with Gasteiger partial charge >= 0.3 is 5.97 Å². The summed E-state index contributed by atoms with van der Waals surface area (Å²) in [6.07, 6.45) is 2.20. The minimum Gasteiger partial charge on any atom is -0.469 e. The lowest BCUT2D eigenvalue weighted by Crippen LogP contribution is -2.23. The minimum atomic E-state index is -0.261. The number of hydrogen-bond acceptors (Lipinski definition) is 3. The van der Waals surface area contributed by atoms with Gasteiger partial charge in [0.05, 0.1) is 7.11 Å². The number of carbonyl (C=O) groups excluding carboxylic acids is 2. The van der Waals surface area contributed by atoms with Crippen LogP contribution in [0.1, 0.15) is 46.5 Å². The highest BCUT2D eigenvalue weighted by atomic mass is 16.5. The molecule has 4 nitrogen and oxygen atoms in total. The predicted molar refractivity (Wildman–Crippen MR) is 60.5 cm³/mol. The van der Waals surface area contributed by atoms with Gasteiger partial charge < -0.3 is 10.1 Å². The molecule has 0 radical (unpaired) electrons. The van der Waals surface area contributed by atoms with Crippen molar-refractivity contribution in [1.82, 2.24) is 5.32 Å². The van der Waals surface area contributed by atoms with Gasteiger partial charge in [-0.3, -0.25) is 9.59 Å². The molecule has 15 heavy (non-hydrogen) atoms. The number of methoxy groups -OCH3 is 1. The molecule has 0 fully saturated rings. The smallest absolute Gasteiger partial charge is 0.305 e. The minimum absolute atomic E-state index is 0.00533. The van der Waals surface area contributed by atoms with Crippen molar-refractivity contribution < 1.29 is 14.3 Å². The first-order valence-corrected chi connectivity index (χ1v) is 5.54. The molecule has 0 atom stereocenters. The van der Waals surface area contributed by atoms with E-state index in [1.807, 2.05) is 20.8 Å². The molecule has 0 saturated carbocycles. The third kappa shape index (κ3) is 12.9. The fourth-order valence-electron chi connectivity index (χ4n) is 0.848. The van der Waals surface area contributed by atoms with Gasteiger partial charge in [0, 0.05) is 19.4 Å². The highest BCUT2D eigenvalue weighted by molar-refractivity contribution is 5.76. The molecule has 0 unspecified atom stereocenters. The van der Waals surface area contributed by atoms with Gasteiger partial charge in [0.1, 0.15) is 0 Å². The molecule has 0 aliphatic rings. The lowest BCUT2D eigenvalue weighted by molar-refractivity contribution is -0.140. The van der Waals surface area contributed by atoms with E-state index in [-0.39, 0.29) is 11.9 Å². The molecule has 0 saturated heterocycles. The van der Waals surface area contributed by atoms with Gasteiger partial charge in [-0.15, -0.1) is 0 Å². The predicted octanol–water partition coefficient (Wildman–Crippen LogP) is 1.88. The summed E-state index contributed by atoms with van der Waals surface area (Å²) in [6.45, 7) is 6.70. The van der Waals surface area contributed by atoms with E-state index in [4.69, 9.17) is 0 Å². The molecule has 0 aromatic heterocycles. The van der Waals surface area contributed by atoms with E-state index in [1.54, 1.807) is 0 Å². The average Bonchev–Trinajstić information content (AvgIpc) is 2.28. The number of rotatable bonds is 6. The number of nitrogens with one attached hydrogen (secondary N) is 1. The molecule has 1 amide bonds. The summed E-state index contributed by atoms with van der Waals surface area (Å²) < 4.78 is 4.44. The fraction of sp³-hybridized carbons (Fsp3) is 0.818. The Hall–Kier alpha value is -1.06. The van der Waals surface area contributed by atoms with Gasteiger partial charge in [-0.2, -0.15) is 0 Å². The number of hydrogen-bond donors (Lipinski definition) is 1. The Morgan fingerprint density at radius 3 is 2.27 bits per heavy atom. The second-order valence-corrected chi connectivity index (χ2v) is 2.78. The highest BCUT2D eigenvalue weighted by Crippen LogP contribution is 1.96. The summed E-state index contributed by atoms with van der Waals surface area (Å²) in [4.78, 5) is 21.7. The SMILES string of the molecule is CC.CCCNC(=O)CCCC(=O)OC. The average molecular weight is 217 g/mol. The van der Waals surface area contributed by atoms with Gasteiger partial charge in [-0.05, 0) is 12.8 Å². The van der Waals surface area contributed by atoms with Crippen LogP contribution in [0.2, 0.25) is 0 Å². The molecule has 0 aromatic carbocycles. The quantitative estimate of drug-likeness (QED) is 0.691. The van der Waals surface area contributed by atoms with Crippen LogP contribution in [-0.2, 0) is 14.3 Å². The standard InChI is InChI=1S/C9H17NO3.C2H6/c1-3-7-10-8(11)5-4-6-9(12)13-2;1-2/h3-7H2,1-2H3,(H,10,11);1-2H3. The Kier molecular flexibility index (Phi) is 14.1. The maximum Gasteiger partial charge on any atom is 0.305 e. The highest BCUT2D eigenvalue weighted by Gasteiger charge is 2.03. The van der Waals surface area contributed by atoms with Gasteiger partial charge in [0.2, 0.25) is 5.91 Å². The van der Waals surface area contributed by atoms with E-state index < -0.39 is 0 Å². The summed E-state index contributed by atoms with van der Waals surface area (Å²) >= 11 is 0. The van der Waals surface area contributed by atoms with E-state index >= 15 is 0 Å². The Balaban J connectivity index is 0. The topological polar surface area (TPSA) is 55.4 Å². The summed E-state index contributed by atoms with van der Waals surface area (Å²) in [5.41, 5.74) is 0. The van der Waals surface area contributed by atoms with Gasteiger partial charge in [-0.1, -0.05) is 20.8 Å². The lowest BCUT2D eigenvalue weighted by atomic mass is 10.2. The molecule has 0 rings (SSSR count). The van der Waals surface area contributed by atoms with Crippen molar-refractivity contribution in [2.75, 3.05) is 13.7 Å². The summed E-state index contributed by atoms with van der Waals surface area (Å²) in [5.74, 6) is -0.256. The Morgan fingerprint density at radius 2 is 1.80 bits per heavy atom. The molecule has 0 aliphatic carbocycles. The second kappa shape index (κ2) is 12.9. The van der Waals surface area contributed by atoms with Crippen molar-refractivity contribution in [2.24, 2.45) is 0 Å². The number of ether oxygens (including phenoxy) is 1. The molecule has 0 bridgehead atoms. The van der Waals surface area contributed by atoms with E-state index in [0.717, 1.165) is 6.42 Å². The third-order valence-corrected chi connectivity index (χ3v) is 1.58. The lowest BCUT2D eigenvalue weighted by Gasteiger charge is -2.02. The van der Waals surface area contributed by atoms with Crippen LogP contribution < -0.4 is 5.32 Å². The maximum absolute atomic E-state index is 11.0. The van der Waals surface area contributed by atoms with E-state index in [2.05, 4.69) is 10.1 Å². The van der Waals surface area contributed by atoms with Crippen molar-refractivity contribution >= 4 is 11.9 Å². The molecular formula is C11H23NO3. The largest absolute Gasteiger partial charge is 0.469 e. The van der Waals surface area contributed by atoms with Crippen molar-refractivity contribution in [3.8, 4) is 0 Å². The third-order valence-electron chi connectivity index (χ3n) is 1.58. The van der Waals surface area contributed by atoms with Crippen molar-refractivity contribution in [3.05, 3.63) is 0 Å². The maximum atomic E-state index is 11.0. The van der Waals surface area contributed by atoms with Crippen LogP contribution in [0, 0.1) is 0 Å². The number of carbonyl (C=O) groups is 2. The van der Waals surface area contributed by atoms with Crippen LogP contribution in [-0.4, -0.2) is 25.5 Å². The van der Waals surface area contributed by atoms with Crippen LogP contribution in [0.5, 0.6) is 0 Å². The van der Waals surface area contributed by atoms with Crippen molar-refractivity contribution in [2.45, 2.75) is 46.5 Å². The Morgan fingerprint density at radius 1 is 1.20 bits per heavy atom. The first-order chi connectivity index (χ1) is 7.20. The zero-order valence-electron chi connectivity index (χ0n) is 10.3. The van der Waals surface area contributed by atoms with Crippen LogP contribution in [0.3, 0.4) is 0 Å². The molecule has 0 aromatic rings. The monoisotopic (exact) mass is 217 g/mol. The molecule has 4 heteroatoms. The Labute approximate surface area is 92.4 Å². The normalized spacial score (nSPS) is 8.53. The van der Waals surface area contributed by atoms with Gasteiger partial charge in [0.15, 0.2) is 0 Å². The molecule has 0 heterocycles. The molecule has 1 N–H and O–H groups in total. The number of amides is 1. The molecular weight excluding hydrogens is 194 g/mol. The van der Waals surface area contributed by atoms with Crippen LogP contribution in [0.25, 0.3) is 0 Å². The van der Waals surface area contributed by atoms with Crippen LogP contribution in [0.15, 0.2) is 0 Å².